The van der Waals surface area contributed by atoms with Crippen LogP contribution in [0.1, 0.15) is 13.8 Å². The lowest BCUT2D eigenvalue weighted by molar-refractivity contribution is -0.120. The molecule has 0 spiro atoms. The van der Waals surface area contributed by atoms with E-state index in [1.807, 2.05) is 11.0 Å². The fraction of sp³-hybridized carbons (Fsp3) is 0.467. The van der Waals surface area contributed by atoms with E-state index in [1.165, 1.54) is 11.8 Å². The van der Waals surface area contributed by atoms with Gasteiger partial charge < -0.3 is 4.90 Å². The van der Waals surface area contributed by atoms with Crippen LogP contribution in [0, 0.1) is 5.92 Å². The van der Waals surface area contributed by atoms with E-state index >= 15 is 0 Å². The number of rotatable bonds is 2. The van der Waals surface area contributed by atoms with E-state index in [0.717, 1.165) is 5.69 Å². The highest BCUT2D eigenvalue weighted by Crippen LogP contribution is 2.41. The Hall–Kier alpha value is -1.05. The number of carbonyl (C=O) groups excluding carboxylic acids is 1. The van der Waals surface area contributed by atoms with E-state index in [2.05, 4.69) is 4.99 Å². The maximum Gasteiger partial charge on any atom is 0.250 e. The van der Waals surface area contributed by atoms with Crippen LogP contribution in [0.25, 0.3) is 0 Å². The van der Waals surface area contributed by atoms with Crippen molar-refractivity contribution in [2.45, 2.75) is 25.1 Å². The zero-order valence-corrected chi connectivity index (χ0v) is 15.2. The summed E-state index contributed by atoms with van der Waals surface area (Å²) in [5.41, 5.74) is 0.768. The molecule has 0 bridgehead atoms. The summed E-state index contributed by atoms with van der Waals surface area (Å²) in [6, 6.07) is 6.98. The van der Waals surface area contributed by atoms with Gasteiger partial charge in [-0.05, 0) is 18.2 Å². The van der Waals surface area contributed by atoms with E-state index in [-0.39, 0.29) is 34.6 Å². The molecule has 1 aromatic rings. The average Bonchev–Trinajstić information content (AvgIpc) is 2.89. The number of halogens is 1. The second kappa shape index (κ2) is 6.11. The van der Waals surface area contributed by atoms with Crippen LogP contribution in [0.3, 0.4) is 0 Å². The molecular weight excluding hydrogens is 356 g/mol. The molecule has 0 aliphatic carbocycles. The zero-order valence-electron chi connectivity index (χ0n) is 12.8. The predicted molar refractivity (Wildman–Crippen MR) is 95.0 cm³/mol. The second-order valence-electron chi connectivity index (χ2n) is 6.04. The monoisotopic (exact) mass is 372 g/mol. The SMILES string of the molecule is CC(C)C(=O)N=C1S[C@@H]2CS(=O)(=O)C[C@H]2N1c1cccc(Cl)c1. The van der Waals surface area contributed by atoms with Gasteiger partial charge in [0.25, 0.3) is 5.91 Å². The maximum absolute atomic E-state index is 12.0. The Morgan fingerprint density at radius 2 is 2.13 bits per heavy atom. The molecular formula is C15H17ClN2O3S2. The van der Waals surface area contributed by atoms with E-state index in [4.69, 9.17) is 11.6 Å². The minimum absolute atomic E-state index is 0.0755. The molecule has 23 heavy (non-hydrogen) atoms. The van der Waals surface area contributed by atoms with Crippen LogP contribution in [0.4, 0.5) is 5.69 Å². The highest BCUT2D eigenvalue weighted by atomic mass is 35.5. The third-order valence-electron chi connectivity index (χ3n) is 3.85. The van der Waals surface area contributed by atoms with Crippen LogP contribution >= 0.6 is 23.4 Å². The molecule has 1 aromatic carbocycles. The number of hydrogen-bond donors (Lipinski definition) is 0. The molecule has 2 saturated heterocycles. The number of amides is 1. The molecule has 8 heteroatoms. The Morgan fingerprint density at radius 3 is 2.78 bits per heavy atom. The van der Waals surface area contributed by atoms with Crippen molar-refractivity contribution < 1.29 is 13.2 Å². The molecule has 1 amide bonds. The van der Waals surface area contributed by atoms with E-state index in [1.54, 1.807) is 32.0 Å². The van der Waals surface area contributed by atoms with Gasteiger partial charge in [0.2, 0.25) is 0 Å². The number of amidine groups is 1. The standard InChI is InChI=1S/C15H17ClN2O3S2/c1-9(2)14(19)17-15-18(11-5-3-4-10(16)6-11)12-7-23(20,21)8-13(12)22-15/h3-6,9,12-13H,7-8H2,1-2H3/t12-,13-/m1/s1. The molecule has 0 N–H and O–H groups in total. The van der Waals surface area contributed by atoms with Gasteiger partial charge in [-0.1, -0.05) is 43.3 Å². The lowest BCUT2D eigenvalue weighted by Gasteiger charge is -2.24. The number of aliphatic imine (C=N–C) groups is 1. The summed E-state index contributed by atoms with van der Waals surface area (Å²) in [6.45, 7) is 3.59. The van der Waals surface area contributed by atoms with Crippen molar-refractivity contribution >= 4 is 50.0 Å². The van der Waals surface area contributed by atoms with Crippen molar-refractivity contribution in [3.8, 4) is 0 Å². The van der Waals surface area contributed by atoms with Gasteiger partial charge in [0.1, 0.15) is 0 Å². The lowest BCUT2D eigenvalue weighted by Crippen LogP contribution is -2.37. The Bertz CT molecular complexity index is 777. The highest BCUT2D eigenvalue weighted by Gasteiger charge is 2.49. The summed E-state index contributed by atoms with van der Waals surface area (Å²) in [7, 11) is -3.06. The Labute approximate surface area is 145 Å². The quantitative estimate of drug-likeness (QED) is 0.798. The molecule has 0 aromatic heterocycles. The average molecular weight is 373 g/mol. The molecule has 2 aliphatic rings. The minimum atomic E-state index is -3.06. The normalized spacial score (nSPS) is 27.7. The highest BCUT2D eigenvalue weighted by molar-refractivity contribution is 8.16. The lowest BCUT2D eigenvalue weighted by atomic mass is 10.2. The van der Waals surface area contributed by atoms with Crippen molar-refractivity contribution in [3.63, 3.8) is 0 Å². The van der Waals surface area contributed by atoms with Crippen molar-refractivity contribution in [3.05, 3.63) is 29.3 Å². The van der Waals surface area contributed by atoms with Gasteiger partial charge in [-0.3, -0.25) is 4.79 Å². The smallest absolute Gasteiger partial charge is 0.250 e. The number of anilines is 1. The number of fused-ring (bicyclic) bond motifs is 1. The summed E-state index contributed by atoms with van der Waals surface area (Å²) in [5.74, 6) is -0.212. The van der Waals surface area contributed by atoms with Crippen LogP contribution in [0.5, 0.6) is 0 Å². The fourth-order valence-electron chi connectivity index (χ4n) is 2.72. The number of carbonyl (C=O) groups is 1. The molecule has 0 radical (unpaired) electrons. The fourth-order valence-corrected chi connectivity index (χ4v) is 6.82. The first-order chi connectivity index (χ1) is 10.8. The third-order valence-corrected chi connectivity index (χ3v) is 7.30. The topological polar surface area (TPSA) is 66.8 Å². The molecule has 2 heterocycles. The number of hydrogen-bond acceptors (Lipinski definition) is 4. The summed E-state index contributed by atoms with van der Waals surface area (Å²) in [5, 5.41) is 1.03. The molecule has 2 fully saturated rings. The van der Waals surface area contributed by atoms with Gasteiger partial charge in [0, 0.05) is 21.9 Å². The van der Waals surface area contributed by atoms with Crippen molar-refractivity contribution in [2.24, 2.45) is 10.9 Å². The maximum atomic E-state index is 12.0. The predicted octanol–water partition coefficient (Wildman–Crippen LogP) is 2.60. The van der Waals surface area contributed by atoms with Crippen LogP contribution in [0.2, 0.25) is 5.02 Å². The van der Waals surface area contributed by atoms with Crippen molar-refractivity contribution in [1.29, 1.82) is 0 Å². The zero-order chi connectivity index (χ0) is 16.8. The Morgan fingerprint density at radius 1 is 1.39 bits per heavy atom. The van der Waals surface area contributed by atoms with E-state index in [9.17, 15) is 13.2 Å². The summed E-state index contributed by atoms with van der Waals surface area (Å²) >= 11 is 7.44. The second-order valence-corrected chi connectivity index (χ2v) is 9.83. The first-order valence-electron chi connectivity index (χ1n) is 7.31. The van der Waals surface area contributed by atoms with Gasteiger partial charge in [-0.2, -0.15) is 4.99 Å². The molecule has 0 unspecified atom stereocenters. The molecule has 5 nitrogen and oxygen atoms in total. The molecule has 0 saturated carbocycles. The van der Waals surface area contributed by atoms with Crippen LogP contribution in [0.15, 0.2) is 29.3 Å². The Kier molecular flexibility index (Phi) is 4.46. The first kappa shape index (κ1) is 16.8. The van der Waals surface area contributed by atoms with Crippen molar-refractivity contribution in [1.82, 2.24) is 0 Å². The van der Waals surface area contributed by atoms with Crippen LogP contribution < -0.4 is 4.90 Å². The first-order valence-corrected chi connectivity index (χ1v) is 10.4. The van der Waals surface area contributed by atoms with Gasteiger partial charge >= 0.3 is 0 Å². The van der Waals surface area contributed by atoms with Gasteiger partial charge in [-0.25, -0.2) is 8.42 Å². The number of sulfone groups is 1. The van der Waals surface area contributed by atoms with Gasteiger partial charge in [-0.15, -0.1) is 0 Å². The Balaban J connectivity index is 2.02. The summed E-state index contributed by atoms with van der Waals surface area (Å²) in [6.07, 6.45) is 0. The molecule has 2 atom stereocenters. The van der Waals surface area contributed by atoms with E-state index in [0.29, 0.717) is 10.2 Å². The molecule has 3 rings (SSSR count). The largest absolute Gasteiger partial charge is 0.316 e. The number of benzene rings is 1. The van der Waals surface area contributed by atoms with Crippen LogP contribution in [-0.2, 0) is 14.6 Å². The number of nitrogens with zero attached hydrogens (tertiary/aromatic N) is 2. The van der Waals surface area contributed by atoms with Crippen LogP contribution in [-0.4, -0.2) is 42.3 Å². The molecule has 2 aliphatic heterocycles. The molecule has 124 valence electrons. The summed E-state index contributed by atoms with van der Waals surface area (Å²) < 4.78 is 23.9. The van der Waals surface area contributed by atoms with Gasteiger partial charge in [0.05, 0.1) is 17.5 Å². The number of thioether (sulfide) groups is 1. The van der Waals surface area contributed by atoms with Gasteiger partial charge in [0.15, 0.2) is 15.0 Å². The van der Waals surface area contributed by atoms with E-state index < -0.39 is 9.84 Å². The summed E-state index contributed by atoms with van der Waals surface area (Å²) in [4.78, 5) is 18.1. The third kappa shape index (κ3) is 3.41. The minimum Gasteiger partial charge on any atom is -0.316 e. The van der Waals surface area contributed by atoms with Crippen molar-refractivity contribution in [2.75, 3.05) is 16.4 Å².